The van der Waals surface area contributed by atoms with Gasteiger partial charge in [0.1, 0.15) is 5.82 Å². The van der Waals surface area contributed by atoms with E-state index in [1.807, 2.05) is 36.1 Å². The van der Waals surface area contributed by atoms with E-state index in [0.717, 1.165) is 12.2 Å². The van der Waals surface area contributed by atoms with Crippen molar-refractivity contribution in [2.45, 2.75) is 13.5 Å². The Kier molecular flexibility index (Phi) is 4.27. The summed E-state index contributed by atoms with van der Waals surface area (Å²) in [6, 6.07) is 12.6. The fraction of sp³-hybridized carbons (Fsp3) is 0.200. The number of hydrogen-bond donors (Lipinski definition) is 1. The van der Waals surface area contributed by atoms with Gasteiger partial charge >= 0.3 is 0 Å². The summed E-state index contributed by atoms with van der Waals surface area (Å²) in [6.45, 7) is 3.19. The Morgan fingerprint density at radius 2 is 1.89 bits per heavy atom. The average molecular weight is 279 g/mol. The zero-order chi connectivity index (χ0) is 13.8. The molecule has 0 aromatic heterocycles. The Bertz CT molecular complexity index is 572. The predicted octanol–water partition coefficient (Wildman–Crippen LogP) is 4.09. The van der Waals surface area contributed by atoms with Crippen LogP contribution in [-0.2, 0) is 6.54 Å². The summed E-state index contributed by atoms with van der Waals surface area (Å²) in [6.07, 6.45) is 0. The second-order valence-corrected chi connectivity index (χ2v) is 4.69. The first-order chi connectivity index (χ1) is 9.13. The Balaban J connectivity index is 2.30. The highest BCUT2D eigenvalue weighted by Gasteiger charge is 2.12. The van der Waals surface area contributed by atoms with Gasteiger partial charge in [0.2, 0.25) is 0 Å². The monoisotopic (exact) mass is 278 g/mol. The highest BCUT2D eigenvalue weighted by atomic mass is 35.5. The van der Waals surface area contributed by atoms with Gasteiger partial charge in [-0.15, -0.1) is 0 Å². The van der Waals surface area contributed by atoms with Crippen molar-refractivity contribution in [2.24, 2.45) is 0 Å². The van der Waals surface area contributed by atoms with Crippen molar-refractivity contribution in [3.63, 3.8) is 0 Å². The van der Waals surface area contributed by atoms with Crippen molar-refractivity contribution >= 4 is 23.0 Å². The van der Waals surface area contributed by atoms with Crippen LogP contribution in [-0.4, -0.2) is 6.54 Å². The van der Waals surface area contributed by atoms with Gasteiger partial charge in [0.25, 0.3) is 0 Å². The number of hydrogen-bond acceptors (Lipinski definition) is 2. The maximum absolute atomic E-state index is 13.9. The average Bonchev–Trinajstić information content (AvgIpc) is 2.41. The number of para-hydroxylation sites is 2. The summed E-state index contributed by atoms with van der Waals surface area (Å²) in [4.78, 5) is 2.02. The molecule has 0 unspecified atom stereocenters. The van der Waals surface area contributed by atoms with Crippen molar-refractivity contribution < 1.29 is 4.39 Å². The van der Waals surface area contributed by atoms with Gasteiger partial charge in [0, 0.05) is 18.7 Å². The molecule has 100 valence electrons. The molecule has 0 amide bonds. The summed E-state index contributed by atoms with van der Waals surface area (Å²) >= 11 is 5.80. The SMILES string of the molecule is CCN(Cc1cccc(Cl)c1F)c1ccccc1N. The highest BCUT2D eigenvalue weighted by molar-refractivity contribution is 6.30. The predicted molar refractivity (Wildman–Crippen MR) is 79.0 cm³/mol. The molecule has 0 saturated heterocycles. The van der Waals surface area contributed by atoms with Crippen LogP contribution in [0, 0.1) is 5.82 Å². The lowest BCUT2D eigenvalue weighted by molar-refractivity contribution is 0.606. The van der Waals surface area contributed by atoms with Crippen molar-refractivity contribution in [3.05, 3.63) is 58.9 Å². The minimum absolute atomic E-state index is 0.148. The molecule has 2 aromatic carbocycles. The number of benzene rings is 2. The summed E-state index contributed by atoms with van der Waals surface area (Å²) < 4.78 is 13.9. The van der Waals surface area contributed by atoms with E-state index in [4.69, 9.17) is 17.3 Å². The van der Waals surface area contributed by atoms with Crippen LogP contribution in [0.4, 0.5) is 15.8 Å². The Morgan fingerprint density at radius 3 is 2.58 bits per heavy atom. The van der Waals surface area contributed by atoms with Crippen LogP contribution in [0.25, 0.3) is 0 Å². The molecule has 0 aliphatic carbocycles. The van der Waals surface area contributed by atoms with Gasteiger partial charge in [-0.25, -0.2) is 4.39 Å². The maximum atomic E-state index is 13.9. The number of halogens is 2. The van der Waals surface area contributed by atoms with Gasteiger partial charge in [-0.3, -0.25) is 0 Å². The number of nitrogens with zero attached hydrogens (tertiary/aromatic N) is 1. The zero-order valence-electron chi connectivity index (χ0n) is 10.7. The summed E-state index contributed by atoms with van der Waals surface area (Å²) in [5, 5.41) is 0.148. The third-order valence-corrected chi connectivity index (χ3v) is 3.34. The van der Waals surface area contributed by atoms with E-state index in [-0.39, 0.29) is 10.8 Å². The maximum Gasteiger partial charge on any atom is 0.146 e. The lowest BCUT2D eigenvalue weighted by atomic mass is 10.1. The summed E-state index contributed by atoms with van der Waals surface area (Å²) in [5.41, 5.74) is 8.12. The minimum Gasteiger partial charge on any atom is -0.397 e. The molecule has 0 bridgehead atoms. The van der Waals surface area contributed by atoms with E-state index in [0.29, 0.717) is 17.8 Å². The molecule has 4 heteroatoms. The van der Waals surface area contributed by atoms with Crippen molar-refractivity contribution in [1.82, 2.24) is 0 Å². The fourth-order valence-corrected chi connectivity index (χ4v) is 2.21. The van der Waals surface area contributed by atoms with Crippen LogP contribution in [0.1, 0.15) is 12.5 Å². The van der Waals surface area contributed by atoms with E-state index in [2.05, 4.69) is 0 Å². The van der Waals surface area contributed by atoms with E-state index in [9.17, 15) is 4.39 Å². The van der Waals surface area contributed by atoms with Gasteiger partial charge in [-0.1, -0.05) is 35.9 Å². The van der Waals surface area contributed by atoms with Crippen LogP contribution >= 0.6 is 11.6 Å². The molecule has 0 heterocycles. The van der Waals surface area contributed by atoms with Gasteiger partial charge in [0.05, 0.1) is 16.4 Å². The largest absolute Gasteiger partial charge is 0.397 e. The standard InChI is InChI=1S/C15H16ClFN2/c1-2-19(14-9-4-3-8-13(14)18)10-11-6-5-7-12(16)15(11)17/h3-9H,2,10,18H2,1H3. The molecule has 2 rings (SSSR count). The molecule has 19 heavy (non-hydrogen) atoms. The van der Waals surface area contributed by atoms with E-state index < -0.39 is 0 Å². The van der Waals surface area contributed by atoms with Crippen LogP contribution < -0.4 is 10.6 Å². The first kappa shape index (κ1) is 13.7. The first-order valence-electron chi connectivity index (χ1n) is 6.15. The molecule has 0 atom stereocenters. The number of nitrogen functional groups attached to an aromatic ring is 1. The molecule has 2 N–H and O–H groups in total. The molecule has 2 nitrogen and oxygen atoms in total. The van der Waals surface area contributed by atoms with Crippen LogP contribution in [0.5, 0.6) is 0 Å². The van der Waals surface area contributed by atoms with Gasteiger partial charge in [-0.05, 0) is 25.1 Å². The second kappa shape index (κ2) is 5.93. The van der Waals surface area contributed by atoms with E-state index >= 15 is 0 Å². The smallest absolute Gasteiger partial charge is 0.146 e. The number of rotatable bonds is 4. The van der Waals surface area contributed by atoms with E-state index in [1.54, 1.807) is 18.2 Å². The van der Waals surface area contributed by atoms with Crippen LogP contribution in [0.3, 0.4) is 0 Å². The quantitative estimate of drug-likeness (QED) is 0.854. The highest BCUT2D eigenvalue weighted by Crippen LogP contribution is 2.26. The van der Waals surface area contributed by atoms with E-state index in [1.165, 1.54) is 0 Å². The van der Waals surface area contributed by atoms with Gasteiger partial charge in [-0.2, -0.15) is 0 Å². The Labute approximate surface area is 117 Å². The molecule has 0 radical (unpaired) electrons. The Morgan fingerprint density at radius 1 is 1.16 bits per heavy atom. The minimum atomic E-state index is -0.364. The molecular weight excluding hydrogens is 263 g/mol. The fourth-order valence-electron chi connectivity index (χ4n) is 2.02. The lowest BCUT2D eigenvalue weighted by Gasteiger charge is -2.25. The van der Waals surface area contributed by atoms with Crippen LogP contribution in [0.15, 0.2) is 42.5 Å². The van der Waals surface area contributed by atoms with Gasteiger partial charge < -0.3 is 10.6 Å². The first-order valence-corrected chi connectivity index (χ1v) is 6.53. The second-order valence-electron chi connectivity index (χ2n) is 4.29. The van der Waals surface area contributed by atoms with Gasteiger partial charge in [0.15, 0.2) is 0 Å². The molecule has 0 saturated carbocycles. The number of anilines is 2. The van der Waals surface area contributed by atoms with Crippen molar-refractivity contribution in [1.29, 1.82) is 0 Å². The van der Waals surface area contributed by atoms with Crippen molar-refractivity contribution in [2.75, 3.05) is 17.2 Å². The third kappa shape index (κ3) is 2.99. The molecule has 0 aliphatic rings. The Hall–Kier alpha value is -1.74. The topological polar surface area (TPSA) is 29.3 Å². The third-order valence-electron chi connectivity index (χ3n) is 3.05. The molecule has 0 spiro atoms. The molecule has 0 fully saturated rings. The summed E-state index contributed by atoms with van der Waals surface area (Å²) in [5.74, 6) is -0.364. The van der Waals surface area contributed by atoms with Crippen molar-refractivity contribution in [3.8, 4) is 0 Å². The summed E-state index contributed by atoms with van der Waals surface area (Å²) in [7, 11) is 0. The molecular formula is C15H16ClFN2. The zero-order valence-corrected chi connectivity index (χ0v) is 11.5. The van der Waals surface area contributed by atoms with Crippen LogP contribution in [0.2, 0.25) is 5.02 Å². The lowest BCUT2D eigenvalue weighted by Crippen LogP contribution is -2.23. The molecule has 2 aromatic rings. The normalized spacial score (nSPS) is 10.5. The number of nitrogens with two attached hydrogens (primary N) is 1. The molecule has 0 aliphatic heterocycles.